The van der Waals surface area contributed by atoms with E-state index in [2.05, 4.69) is 30.4 Å². The van der Waals surface area contributed by atoms with Crippen molar-refractivity contribution in [2.75, 3.05) is 12.4 Å². The minimum absolute atomic E-state index is 0.496. The van der Waals surface area contributed by atoms with Crippen LogP contribution in [0, 0.1) is 0 Å². The largest absolute Gasteiger partial charge is 0.357 e. The van der Waals surface area contributed by atoms with Crippen molar-refractivity contribution in [3.63, 3.8) is 0 Å². The van der Waals surface area contributed by atoms with Gasteiger partial charge >= 0.3 is 0 Å². The first-order valence-corrected chi connectivity index (χ1v) is 6.54. The molecule has 0 radical (unpaired) electrons. The van der Waals surface area contributed by atoms with Crippen LogP contribution in [0.5, 0.6) is 0 Å². The Balaban J connectivity index is 1.98. The molecule has 3 heterocycles. The summed E-state index contributed by atoms with van der Waals surface area (Å²) < 4.78 is 1.61. The monoisotopic (exact) mass is 273 g/mol. The van der Waals surface area contributed by atoms with E-state index >= 15 is 0 Å². The number of rotatable bonds is 4. The van der Waals surface area contributed by atoms with Crippen molar-refractivity contribution >= 4 is 17.3 Å². The van der Waals surface area contributed by atoms with E-state index in [9.17, 15) is 0 Å². The number of nitrogens with zero attached hydrogens (tertiary/aromatic N) is 6. The van der Waals surface area contributed by atoms with Gasteiger partial charge in [0.1, 0.15) is 10.8 Å². The van der Waals surface area contributed by atoms with Crippen LogP contribution in [0.3, 0.4) is 0 Å². The fraction of sp³-hybridized carbons (Fsp3) is 0.182. The third-order valence-corrected chi connectivity index (χ3v) is 3.18. The topological polar surface area (TPSA) is 81.4 Å². The maximum atomic E-state index is 4.40. The Morgan fingerprint density at radius 2 is 2.21 bits per heavy atom. The summed E-state index contributed by atoms with van der Waals surface area (Å²) >= 11 is 1.58. The maximum Gasteiger partial charge on any atom is 0.255 e. The van der Waals surface area contributed by atoms with Crippen molar-refractivity contribution in [3.05, 3.63) is 40.9 Å². The lowest BCUT2D eigenvalue weighted by Crippen LogP contribution is -2.10. The highest BCUT2D eigenvalue weighted by molar-refractivity contribution is 7.09. The first-order chi connectivity index (χ1) is 9.35. The van der Waals surface area contributed by atoms with Crippen LogP contribution in [-0.4, -0.2) is 36.8 Å². The molecular formula is C11H11N7S. The van der Waals surface area contributed by atoms with Gasteiger partial charge in [-0.15, -0.1) is 11.3 Å². The number of thiazole rings is 1. The van der Waals surface area contributed by atoms with E-state index in [0.717, 1.165) is 5.01 Å². The number of anilines is 1. The highest BCUT2D eigenvalue weighted by Gasteiger charge is 2.09. The van der Waals surface area contributed by atoms with Crippen LogP contribution in [0.15, 0.2) is 30.0 Å². The molecule has 0 saturated heterocycles. The zero-order chi connectivity index (χ0) is 13.1. The van der Waals surface area contributed by atoms with Crippen molar-refractivity contribution in [2.45, 2.75) is 6.42 Å². The molecule has 96 valence electrons. The van der Waals surface area contributed by atoms with E-state index in [1.54, 1.807) is 41.7 Å². The molecule has 0 atom stereocenters. The maximum absolute atomic E-state index is 4.40. The lowest BCUT2D eigenvalue weighted by molar-refractivity contribution is 0.775. The molecule has 0 aliphatic heterocycles. The van der Waals surface area contributed by atoms with Gasteiger partial charge in [-0.3, -0.25) is 0 Å². The van der Waals surface area contributed by atoms with Crippen molar-refractivity contribution in [1.82, 2.24) is 29.7 Å². The summed E-state index contributed by atoms with van der Waals surface area (Å²) in [6.07, 6.45) is 5.84. The van der Waals surface area contributed by atoms with Crippen molar-refractivity contribution in [1.29, 1.82) is 0 Å². The Bertz CT molecular complexity index is 648. The van der Waals surface area contributed by atoms with Gasteiger partial charge in [-0.2, -0.15) is 20.1 Å². The third kappa shape index (κ3) is 2.58. The van der Waals surface area contributed by atoms with Gasteiger partial charge in [0.25, 0.3) is 5.95 Å². The lowest BCUT2D eigenvalue weighted by atomic mass is 10.4. The highest BCUT2D eigenvalue weighted by Crippen LogP contribution is 2.11. The summed E-state index contributed by atoms with van der Waals surface area (Å²) in [6.45, 7) is 0. The molecule has 0 bridgehead atoms. The molecule has 0 aliphatic rings. The summed E-state index contributed by atoms with van der Waals surface area (Å²) in [5.74, 6) is 1.68. The minimum Gasteiger partial charge on any atom is -0.357 e. The van der Waals surface area contributed by atoms with Gasteiger partial charge in [-0.05, 0) is 6.07 Å². The number of aromatic nitrogens is 6. The predicted molar refractivity (Wildman–Crippen MR) is 71.4 cm³/mol. The van der Waals surface area contributed by atoms with E-state index in [4.69, 9.17) is 0 Å². The van der Waals surface area contributed by atoms with Gasteiger partial charge in [-0.1, -0.05) is 0 Å². The molecule has 7 nitrogen and oxygen atoms in total. The first-order valence-electron chi connectivity index (χ1n) is 5.66. The Morgan fingerprint density at radius 3 is 2.89 bits per heavy atom. The van der Waals surface area contributed by atoms with Gasteiger partial charge in [-0.25, -0.2) is 9.67 Å². The molecule has 19 heavy (non-hydrogen) atoms. The van der Waals surface area contributed by atoms with Gasteiger partial charge < -0.3 is 5.32 Å². The molecule has 3 aromatic rings. The molecular weight excluding hydrogens is 262 g/mol. The molecule has 0 unspecified atom stereocenters. The Morgan fingerprint density at radius 1 is 1.26 bits per heavy atom. The minimum atomic E-state index is 0.496. The fourth-order valence-electron chi connectivity index (χ4n) is 1.56. The summed E-state index contributed by atoms with van der Waals surface area (Å²) in [7, 11) is 1.77. The van der Waals surface area contributed by atoms with Gasteiger partial charge in [0.15, 0.2) is 0 Å². The number of hydrogen-bond donors (Lipinski definition) is 1. The van der Waals surface area contributed by atoms with Crippen LogP contribution < -0.4 is 5.32 Å². The molecule has 0 aromatic carbocycles. The van der Waals surface area contributed by atoms with Crippen LogP contribution in [0.25, 0.3) is 5.95 Å². The summed E-state index contributed by atoms with van der Waals surface area (Å²) in [4.78, 5) is 17.2. The van der Waals surface area contributed by atoms with Crippen LogP contribution in [0.4, 0.5) is 5.95 Å². The van der Waals surface area contributed by atoms with E-state index < -0.39 is 0 Å². The number of nitrogens with one attached hydrogen (secondary N) is 1. The van der Waals surface area contributed by atoms with Gasteiger partial charge in [0, 0.05) is 31.0 Å². The average Bonchev–Trinajstić information content (AvgIpc) is 3.11. The zero-order valence-electron chi connectivity index (χ0n) is 10.2. The first kappa shape index (κ1) is 11.7. The van der Waals surface area contributed by atoms with Gasteiger partial charge in [0.2, 0.25) is 5.95 Å². The lowest BCUT2D eigenvalue weighted by Gasteiger charge is -2.05. The second-order valence-electron chi connectivity index (χ2n) is 3.68. The zero-order valence-corrected chi connectivity index (χ0v) is 11.0. The molecule has 1 N–H and O–H groups in total. The summed E-state index contributed by atoms with van der Waals surface area (Å²) in [6, 6.07) is 1.82. The van der Waals surface area contributed by atoms with Gasteiger partial charge in [0.05, 0.1) is 6.42 Å². The van der Waals surface area contributed by atoms with Crippen LogP contribution in [0.1, 0.15) is 10.8 Å². The Labute approximate surface area is 113 Å². The van der Waals surface area contributed by atoms with Crippen LogP contribution in [0.2, 0.25) is 0 Å². The average molecular weight is 273 g/mol. The molecule has 3 aromatic heterocycles. The second kappa shape index (κ2) is 5.11. The Kier molecular flexibility index (Phi) is 3.15. The van der Waals surface area contributed by atoms with Crippen molar-refractivity contribution < 1.29 is 0 Å². The normalized spacial score (nSPS) is 10.6. The SMILES string of the molecule is CNc1nc(Cc2nccs2)nc(-n2cccn2)n1. The van der Waals surface area contributed by atoms with Crippen molar-refractivity contribution in [3.8, 4) is 5.95 Å². The standard InChI is InChI=1S/C11H11N7S/c1-12-10-15-8(7-9-13-4-6-19-9)16-11(17-10)18-5-2-3-14-18/h2-6H,7H2,1H3,(H,12,15,16,17). The van der Waals surface area contributed by atoms with E-state index in [1.807, 2.05) is 11.4 Å². The predicted octanol–water partition coefficient (Wildman–Crippen LogP) is 1.15. The van der Waals surface area contributed by atoms with Crippen molar-refractivity contribution in [2.24, 2.45) is 0 Å². The smallest absolute Gasteiger partial charge is 0.255 e. The molecule has 0 fully saturated rings. The molecule has 0 saturated carbocycles. The highest BCUT2D eigenvalue weighted by atomic mass is 32.1. The summed E-state index contributed by atoms with van der Waals surface area (Å²) in [5, 5.41) is 9.96. The Hall–Kier alpha value is -2.35. The fourth-order valence-corrected chi connectivity index (χ4v) is 2.18. The molecule has 8 heteroatoms. The van der Waals surface area contributed by atoms with E-state index in [0.29, 0.717) is 24.1 Å². The summed E-state index contributed by atoms with van der Waals surface area (Å²) in [5.41, 5.74) is 0. The molecule has 0 spiro atoms. The van der Waals surface area contributed by atoms with E-state index in [-0.39, 0.29) is 0 Å². The third-order valence-electron chi connectivity index (χ3n) is 2.40. The molecule has 0 amide bonds. The molecule has 3 rings (SSSR count). The van der Waals surface area contributed by atoms with Crippen LogP contribution in [-0.2, 0) is 6.42 Å². The second-order valence-corrected chi connectivity index (χ2v) is 4.66. The van der Waals surface area contributed by atoms with E-state index in [1.165, 1.54) is 0 Å². The van der Waals surface area contributed by atoms with Crippen LogP contribution >= 0.6 is 11.3 Å². The molecule has 0 aliphatic carbocycles. The number of hydrogen-bond acceptors (Lipinski definition) is 7. The quantitative estimate of drug-likeness (QED) is 0.768.